The van der Waals surface area contributed by atoms with Crippen LogP contribution in [-0.2, 0) is 9.53 Å². The van der Waals surface area contributed by atoms with Gasteiger partial charge in [-0.05, 0) is 13.8 Å². The molecule has 0 saturated carbocycles. The molecule has 0 aliphatic rings. The van der Waals surface area contributed by atoms with Gasteiger partial charge >= 0.3 is 5.97 Å². The molecule has 0 bridgehead atoms. The Morgan fingerprint density at radius 2 is 2.35 bits per heavy atom. The SMILES string of the molecule is CCOC(=O)C(C)Oc1ccn2nccc2n1. The molecular weight excluding hydrogens is 222 g/mol. The Labute approximate surface area is 98.2 Å². The van der Waals surface area contributed by atoms with Gasteiger partial charge in [-0.3, -0.25) is 0 Å². The van der Waals surface area contributed by atoms with Gasteiger partial charge in [0.05, 0.1) is 12.8 Å². The number of carbonyl (C=O) groups excluding carboxylic acids is 1. The lowest BCUT2D eigenvalue weighted by Gasteiger charge is -2.12. The lowest BCUT2D eigenvalue weighted by molar-refractivity contribution is -0.150. The lowest BCUT2D eigenvalue weighted by atomic mass is 10.4. The van der Waals surface area contributed by atoms with Gasteiger partial charge in [0.15, 0.2) is 11.8 Å². The molecule has 0 spiro atoms. The third-order valence-corrected chi connectivity index (χ3v) is 2.15. The van der Waals surface area contributed by atoms with E-state index in [1.165, 1.54) is 0 Å². The highest BCUT2D eigenvalue weighted by molar-refractivity contribution is 5.74. The van der Waals surface area contributed by atoms with Crippen molar-refractivity contribution >= 4 is 11.6 Å². The second-order valence-corrected chi connectivity index (χ2v) is 3.41. The molecule has 90 valence electrons. The molecule has 1 unspecified atom stereocenters. The van der Waals surface area contributed by atoms with Crippen LogP contribution in [0, 0.1) is 0 Å². The quantitative estimate of drug-likeness (QED) is 0.741. The van der Waals surface area contributed by atoms with Crippen LogP contribution in [0.25, 0.3) is 5.65 Å². The minimum absolute atomic E-state index is 0.335. The number of rotatable bonds is 4. The molecule has 0 aliphatic heterocycles. The predicted octanol–water partition coefficient (Wildman–Crippen LogP) is 1.06. The lowest BCUT2D eigenvalue weighted by Crippen LogP contribution is -2.26. The summed E-state index contributed by atoms with van der Waals surface area (Å²) in [5.41, 5.74) is 0.665. The Kier molecular flexibility index (Phi) is 3.22. The second kappa shape index (κ2) is 4.82. The third-order valence-electron chi connectivity index (χ3n) is 2.15. The number of fused-ring (bicyclic) bond motifs is 1. The standard InChI is InChI=1S/C11H13N3O3/c1-3-16-11(15)8(2)17-10-5-7-14-9(13-10)4-6-12-14/h4-8H,3H2,1-2H3. The summed E-state index contributed by atoms with van der Waals surface area (Å²) in [7, 11) is 0. The fraction of sp³-hybridized carbons (Fsp3) is 0.364. The Bertz CT molecular complexity index is 523. The molecule has 6 heteroatoms. The van der Waals surface area contributed by atoms with E-state index in [0.717, 1.165) is 0 Å². The maximum absolute atomic E-state index is 11.4. The molecule has 2 heterocycles. The Hall–Kier alpha value is -2.11. The number of carbonyl (C=O) groups is 1. The van der Waals surface area contributed by atoms with Crippen LogP contribution in [0.2, 0.25) is 0 Å². The molecule has 1 atom stereocenters. The Morgan fingerprint density at radius 3 is 3.12 bits per heavy atom. The zero-order valence-corrected chi connectivity index (χ0v) is 9.66. The van der Waals surface area contributed by atoms with Crippen LogP contribution < -0.4 is 4.74 Å². The zero-order valence-electron chi connectivity index (χ0n) is 9.66. The van der Waals surface area contributed by atoms with Gasteiger partial charge in [-0.1, -0.05) is 0 Å². The highest BCUT2D eigenvalue weighted by atomic mass is 16.6. The van der Waals surface area contributed by atoms with Gasteiger partial charge in [0, 0.05) is 18.3 Å². The minimum atomic E-state index is -0.673. The molecule has 0 N–H and O–H groups in total. The number of hydrogen-bond acceptors (Lipinski definition) is 5. The first-order valence-electron chi connectivity index (χ1n) is 5.34. The number of nitrogens with zero attached hydrogens (tertiary/aromatic N) is 3. The number of esters is 1. The monoisotopic (exact) mass is 235 g/mol. The normalized spacial score (nSPS) is 12.4. The van der Waals surface area contributed by atoms with Crippen molar-refractivity contribution in [3.05, 3.63) is 24.5 Å². The van der Waals surface area contributed by atoms with Crippen LogP contribution >= 0.6 is 0 Å². The van der Waals surface area contributed by atoms with Crippen LogP contribution in [0.4, 0.5) is 0 Å². The number of hydrogen-bond donors (Lipinski definition) is 0. The second-order valence-electron chi connectivity index (χ2n) is 3.41. The van der Waals surface area contributed by atoms with Crippen LogP contribution in [0.15, 0.2) is 24.5 Å². The summed E-state index contributed by atoms with van der Waals surface area (Å²) in [6.07, 6.45) is 2.68. The summed E-state index contributed by atoms with van der Waals surface area (Å²) in [6, 6.07) is 3.40. The number of aromatic nitrogens is 3. The Morgan fingerprint density at radius 1 is 1.53 bits per heavy atom. The maximum Gasteiger partial charge on any atom is 0.347 e. The molecule has 2 rings (SSSR count). The van der Waals surface area contributed by atoms with Crippen molar-refractivity contribution in [1.29, 1.82) is 0 Å². The van der Waals surface area contributed by atoms with E-state index in [-0.39, 0.29) is 0 Å². The van der Waals surface area contributed by atoms with E-state index >= 15 is 0 Å². The summed E-state index contributed by atoms with van der Waals surface area (Å²) in [5, 5.41) is 4.01. The average molecular weight is 235 g/mol. The van der Waals surface area contributed by atoms with Gasteiger partial charge in [-0.2, -0.15) is 10.1 Å². The van der Waals surface area contributed by atoms with Gasteiger partial charge in [0.2, 0.25) is 5.88 Å². The van der Waals surface area contributed by atoms with Crippen molar-refractivity contribution in [2.45, 2.75) is 20.0 Å². The topological polar surface area (TPSA) is 65.7 Å². The molecule has 2 aromatic heterocycles. The van der Waals surface area contributed by atoms with E-state index in [9.17, 15) is 4.79 Å². The first-order valence-corrected chi connectivity index (χ1v) is 5.34. The van der Waals surface area contributed by atoms with E-state index in [0.29, 0.717) is 18.1 Å². The van der Waals surface area contributed by atoms with Crippen molar-refractivity contribution in [3.8, 4) is 5.88 Å². The van der Waals surface area contributed by atoms with Gasteiger partial charge in [-0.25, -0.2) is 9.31 Å². The molecule has 6 nitrogen and oxygen atoms in total. The third kappa shape index (κ3) is 2.52. The fourth-order valence-electron chi connectivity index (χ4n) is 1.35. The molecule has 0 radical (unpaired) electrons. The average Bonchev–Trinajstić information content (AvgIpc) is 2.76. The summed E-state index contributed by atoms with van der Waals surface area (Å²) in [4.78, 5) is 15.6. The Balaban J connectivity index is 2.09. The van der Waals surface area contributed by atoms with Crippen LogP contribution in [0.1, 0.15) is 13.8 Å². The van der Waals surface area contributed by atoms with Gasteiger partial charge in [0.1, 0.15) is 0 Å². The minimum Gasteiger partial charge on any atom is -0.463 e. The van der Waals surface area contributed by atoms with E-state index in [4.69, 9.17) is 9.47 Å². The zero-order chi connectivity index (χ0) is 12.3. The van der Waals surface area contributed by atoms with Crippen molar-refractivity contribution < 1.29 is 14.3 Å². The van der Waals surface area contributed by atoms with Gasteiger partial charge in [0.25, 0.3) is 0 Å². The molecule has 17 heavy (non-hydrogen) atoms. The van der Waals surface area contributed by atoms with Gasteiger partial charge < -0.3 is 9.47 Å². The summed E-state index contributed by atoms with van der Waals surface area (Å²) in [5.74, 6) is -0.0266. The number of ether oxygens (including phenoxy) is 2. The maximum atomic E-state index is 11.4. The summed E-state index contributed by atoms with van der Waals surface area (Å²) >= 11 is 0. The summed E-state index contributed by atoms with van der Waals surface area (Å²) < 4.78 is 11.8. The van der Waals surface area contributed by atoms with E-state index < -0.39 is 12.1 Å². The predicted molar refractivity (Wildman–Crippen MR) is 59.7 cm³/mol. The van der Waals surface area contributed by atoms with Crippen molar-refractivity contribution in [1.82, 2.24) is 14.6 Å². The molecule has 0 aliphatic carbocycles. The molecule has 2 aromatic rings. The van der Waals surface area contributed by atoms with E-state index in [1.54, 1.807) is 42.9 Å². The highest BCUT2D eigenvalue weighted by Gasteiger charge is 2.16. The molecule has 0 saturated heterocycles. The van der Waals surface area contributed by atoms with Gasteiger partial charge in [-0.15, -0.1) is 0 Å². The summed E-state index contributed by atoms with van der Waals surface area (Å²) in [6.45, 7) is 3.71. The first-order chi connectivity index (χ1) is 8.20. The van der Waals surface area contributed by atoms with Crippen molar-refractivity contribution in [2.24, 2.45) is 0 Å². The first kappa shape index (κ1) is 11.4. The van der Waals surface area contributed by atoms with Crippen molar-refractivity contribution in [3.63, 3.8) is 0 Å². The highest BCUT2D eigenvalue weighted by Crippen LogP contribution is 2.10. The van der Waals surface area contributed by atoms with Crippen molar-refractivity contribution in [2.75, 3.05) is 6.61 Å². The molecular formula is C11H13N3O3. The molecule has 0 fully saturated rings. The smallest absolute Gasteiger partial charge is 0.347 e. The van der Waals surface area contributed by atoms with Crippen LogP contribution in [0.3, 0.4) is 0 Å². The van der Waals surface area contributed by atoms with Crippen LogP contribution in [-0.4, -0.2) is 33.3 Å². The fourth-order valence-corrected chi connectivity index (χ4v) is 1.35. The largest absolute Gasteiger partial charge is 0.463 e. The van der Waals surface area contributed by atoms with E-state index in [1.807, 2.05) is 0 Å². The molecule has 0 aromatic carbocycles. The van der Waals surface area contributed by atoms with Crippen LogP contribution in [0.5, 0.6) is 5.88 Å². The van der Waals surface area contributed by atoms with E-state index in [2.05, 4.69) is 10.1 Å². The molecule has 0 amide bonds.